The highest BCUT2D eigenvalue weighted by molar-refractivity contribution is 5.91. The fourth-order valence-electron chi connectivity index (χ4n) is 5.60. The molecule has 39 heavy (non-hydrogen) atoms. The van der Waals surface area contributed by atoms with Crippen molar-refractivity contribution in [1.82, 2.24) is 24.4 Å². The molecule has 1 aliphatic heterocycles. The molecule has 2 N–H and O–H groups in total. The maximum absolute atomic E-state index is 12.5. The molecular formula is C31H34N6O2. The van der Waals surface area contributed by atoms with Crippen molar-refractivity contribution in [2.75, 3.05) is 31.1 Å². The first-order valence-corrected chi connectivity index (χ1v) is 13.7. The van der Waals surface area contributed by atoms with Crippen LogP contribution in [-0.2, 0) is 13.0 Å². The van der Waals surface area contributed by atoms with Gasteiger partial charge in [-0.1, -0.05) is 43.3 Å². The van der Waals surface area contributed by atoms with Gasteiger partial charge in [-0.3, -0.25) is 19.1 Å². The molecule has 1 aliphatic rings. The van der Waals surface area contributed by atoms with Crippen LogP contribution >= 0.6 is 0 Å². The van der Waals surface area contributed by atoms with Crippen molar-refractivity contribution < 1.29 is 0 Å². The Labute approximate surface area is 226 Å². The number of imidazole rings is 1. The van der Waals surface area contributed by atoms with E-state index in [9.17, 15) is 9.59 Å². The van der Waals surface area contributed by atoms with Gasteiger partial charge in [-0.2, -0.15) is 0 Å². The minimum absolute atomic E-state index is 0.0953. The molecule has 2 aromatic heterocycles. The lowest BCUT2D eigenvalue weighted by Gasteiger charge is -2.36. The van der Waals surface area contributed by atoms with Crippen LogP contribution in [0.15, 0.2) is 70.3 Å². The van der Waals surface area contributed by atoms with Gasteiger partial charge in [0.25, 0.3) is 0 Å². The summed E-state index contributed by atoms with van der Waals surface area (Å²) in [7, 11) is 0. The molecule has 8 nitrogen and oxygen atoms in total. The van der Waals surface area contributed by atoms with E-state index in [0.717, 1.165) is 78.3 Å². The second kappa shape index (κ2) is 10.2. The zero-order valence-electron chi connectivity index (χ0n) is 22.7. The first-order valence-electron chi connectivity index (χ1n) is 13.7. The van der Waals surface area contributed by atoms with Crippen molar-refractivity contribution in [3.63, 3.8) is 0 Å². The summed E-state index contributed by atoms with van der Waals surface area (Å²) in [5.41, 5.74) is 7.16. The predicted octanol–water partition coefficient (Wildman–Crippen LogP) is 4.70. The summed E-state index contributed by atoms with van der Waals surface area (Å²) < 4.78 is 1.59. The summed E-state index contributed by atoms with van der Waals surface area (Å²) in [5, 5.41) is 0. The van der Waals surface area contributed by atoms with Crippen LogP contribution in [0.2, 0.25) is 0 Å². The van der Waals surface area contributed by atoms with Gasteiger partial charge in [0.05, 0.1) is 22.2 Å². The number of piperazine rings is 1. The first-order chi connectivity index (χ1) is 18.9. The zero-order valence-corrected chi connectivity index (χ0v) is 22.7. The maximum atomic E-state index is 12.5. The summed E-state index contributed by atoms with van der Waals surface area (Å²) in [6, 6.07) is 20.9. The normalized spacial score (nSPS) is 14.6. The van der Waals surface area contributed by atoms with Crippen molar-refractivity contribution in [2.24, 2.45) is 0 Å². The third-order valence-electron chi connectivity index (χ3n) is 7.75. The number of hydrogen-bond acceptors (Lipinski definition) is 5. The molecule has 0 amide bonds. The largest absolute Gasteiger partial charge is 0.367 e. The number of nitrogens with zero attached hydrogens (tertiary/aromatic N) is 4. The van der Waals surface area contributed by atoms with E-state index in [1.165, 1.54) is 5.56 Å². The fourth-order valence-corrected chi connectivity index (χ4v) is 5.60. The summed E-state index contributed by atoms with van der Waals surface area (Å²) in [4.78, 5) is 40.7. The summed E-state index contributed by atoms with van der Waals surface area (Å²) in [5.74, 6) is 0.899. The molecule has 0 radical (unpaired) electrons. The van der Waals surface area contributed by atoms with Crippen LogP contribution in [0.25, 0.3) is 33.5 Å². The Kier molecular flexibility index (Phi) is 6.56. The molecule has 200 valence electrons. The van der Waals surface area contributed by atoms with Crippen molar-refractivity contribution >= 4 is 27.8 Å². The van der Waals surface area contributed by atoms with E-state index in [4.69, 9.17) is 4.98 Å². The number of hydrogen-bond donors (Lipinski definition) is 2. The van der Waals surface area contributed by atoms with E-state index >= 15 is 0 Å². The van der Waals surface area contributed by atoms with Gasteiger partial charge in [-0.05, 0) is 55.7 Å². The van der Waals surface area contributed by atoms with Crippen LogP contribution in [0, 0.1) is 0 Å². The number of aromatic nitrogens is 4. The van der Waals surface area contributed by atoms with E-state index in [0.29, 0.717) is 5.52 Å². The van der Waals surface area contributed by atoms with Crippen molar-refractivity contribution in [3.8, 4) is 11.4 Å². The third-order valence-corrected chi connectivity index (χ3v) is 7.75. The number of rotatable bonds is 6. The number of benzene rings is 3. The SMILES string of the molecule is CCc1ccc(-c2nc3c(N4CCN(Cc5ccc6[nH]c(=O)c(=O)n(C(C)C)c6c5)CC4)cccc3[nH]2)cc1. The lowest BCUT2D eigenvalue weighted by Crippen LogP contribution is -2.46. The van der Waals surface area contributed by atoms with Gasteiger partial charge in [-0.25, -0.2) is 4.98 Å². The molecule has 0 unspecified atom stereocenters. The number of nitrogens with one attached hydrogen (secondary N) is 2. The minimum Gasteiger partial charge on any atom is -0.367 e. The Morgan fingerprint density at radius 3 is 2.33 bits per heavy atom. The molecule has 0 aliphatic carbocycles. The number of para-hydroxylation sites is 1. The Hall–Kier alpha value is -4.17. The van der Waals surface area contributed by atoms with Gasteiger partial charge >= 0.3 is 11.1 Å². The smallest absolute Gasteiger partial charge is 0.316 e. The Morgan fingerprint density at radius 1 is 0.872 bits per heavy atom. The molecular weight excluding hydrogens is 488 g/mol. The summed E-state index contributed by atoms with van der Waals surface area (Å²) in [6.45, 7) is 10.5. The quantitative estimate of drug-likeness (QED) is 0.316. The Balaban J connectivity index is 1.19. The van der Waals surface area contributed by atoms with Gasteiger partial charge < -0.3 is 14.9 Å². The molecule has 6 rings (SSSR count). The molecule has 8 heteroatoms. The molecule has 3 heterocycles. The number of aryl methyl sites for hydroxylation is 1. The molecule has 1 fully saturated rings. The molecule has 0 atom stereocenters. The van der Waals surface area contributed by atoms with Crippen LogP contribution in [0.5, 0.6) is 0 Å². The maximum Gasteiger partial charge on any atom is 0.316 e. The number of anilines is 1. The first kappa shape index (κ1) is 25.1. The van der Waals surface area contributed by atoms with Crippen LogP contribution < -0.4 is 16.0 Å². The van der Waals surface area contributed by atoms with Crippen LogP contribution in [0.4, 0.5) is 5.69 Å². The molecule has 5 aromatic rings. The number of fused-ring (bicyclic) bond motifs is 2. The second-order valence-electron chi connectivity index (χ2n) is 10.6. The van der Waals surface area contributed by atoms with Gasteiger partial charge in [0.2, 0.25) is 0 Å². The fraction of sp³-hybridized carbons (Fsp3) is 0.323. The van der Waals surface area contributed by atoms with Gasteiger partial charge in [0, 0.05) is 44.3 Å². The molecule has 0 bridgehead atoms. The summed E-state index contributed by atoms with van der Waals surface area (Å²) in [6.07, 6.45) is 1.03. The average Bonchev–Trinajstić information content (AvgIpc) is 3.39. The topological polar surface area (TPSA) is 90.0 Å². The van der Waals surface area contributed by atoms with Crippen molar-refractivity contribution in [2.45, 2.75) is 39.8 Å². The summed E-state index contributed by atoms with van der Waals surface area (Å²) >= 11 is 0. The minimum atomic E-state index is -0.575. The van der Waals surface area contributed by atoms with Gasteiger partial charge in [0.15, 0.2) is 0 Å². The van der Waals surface area contributed by atoms with E-state index in [1.807, 2.05) is 32.0 Å². The Morgan fingerprint density at radius 2 is 1.62 bits per heavy atom. The second-order valence-corrected chi connectivity index (χ2v) is 10.6. The lowest BCUT2D eigenvalue weighted by atomic mass is 10.1. The third kappa shape index (κ3) is 4.76. The van der Waals surface area contributed by atoms with Crippen LogP contribution in [0.1, 0.15) is 37.9 Å². The van der Waals surface area contributed by atoms with E-state index < -0.39 is 11.1 Å². The predicted molar refractivity (Wildman–Crippen MR) is 158 cm³/mol. The number of aromatic amines is 2. The number of H-pyrrole nitrogens is 2. The van der Waals surface area contributed by atoms with Crippen molar-refractivity contribution in [1.29, 1.82) is 0 Å². The molecule has 3 aromatic carbocycles. The van der Waals surface area contributed by atoms with E-state index in [1.54, 1.807) is 4.57 Å². The highest BCUT2D eigenvalue weighted by Crippen LogP contribution is 2.29. The average molecular weight is 523 g/mol. The molecule has 0 spiro atoms. The van der Waals surface area contributed by atoms with E-state index in [-0.39, 0.29) is 6.04 Å². The van der Waals surface area contributed by atoms with Crippen LogP contribution in [-0.4, -0.2) is 50.6 Å². The Bertz CT molecular complexity index is 1750. The van der Waals surface area contributed by atoms with E-state index in [2.05, 4.69) is 69.2 Å². The lowest BCUT2D eigenvalue weighted by molar-refractivity contribution is 0.250. The molecule has 1 saturated heterocycles. The zero-order chi connectivity index (χ0) is 27.1. The standard InChI is InChI=1S/C31H34N6O2/c1-4-21-8-11-23(12-9-21)29-32-25-6-5-7-26(28(25)34-29)36-16-14-35(15-17-36)19-22-10-13-24-27(18-22)37(20(2)3)31(39)30(38)33-24/h5-13,18,20H,4,14-17,19H2,1-3H3,(H,32,34)(H,33,38). The highest BCUT2D eigenvalue weighted by Gasteiger charge is 2.21. The van der Waals surface area contributed by atoms with Crippen LogP contribution in [0.3, 0.4) is 0 Å². The van der Waals surface area contributed by atoms with Gasteiger partial charge in [-0.15, -0.1) is 0 Å². The molecule has 0 saturated carbocycles. The van der Waals surface area contributed by atoms with Gasteiger partial charge in [0.1, 0.15) is 11.3 Å². The van der Waals surface area contributed by atoms with Crippen molar-refractivity contribution in [3.05, 3.63) is 92.5 Å². The highest BCUT2D eigenvalue weighted by atomic mass is 16.2. The monoisotopic (exact) mass is 522 g/mol.